The summed E-state index contributed by atoms with van der Waals surface area (Å²) in [7, 11) is 1.53. The molecule has 5 N–H and O–H groups in total. The van der Waals surface area contributed by atoms with Crippen molar-refractivity contribution in [3.05, 3.63) is 65.7 Å². The van der Waals surface area contributed by atoms with Crippen molar-refractivity contribution >= 4 is 47.2 Å². The quantitative estimate of drug-likeness (QED) is 0.277. The molecule has 0 radical (unpaired) electrons. The number of benzene rings is 2. The zero-order valence-electron chi connectivity index (χ0n) is 28.5. The number of ether oxygens (including phenoxy) is 1. The fourth-order valence-corrected chi connectivity index (χ4v) is 6.41. The van der Waals surface area contributed by atoms with E-state index in [1.54, 1.807) is 62.4 Å². The van der Waals surface area contributed by atoms with Gasteiger partial charge in [0, 0.05) is 18.2 Å². The smallest absolute Gasteiger partial charge is 0.251 e. The third-order valence-corrected chi connectivity index (χ3v) is 9.37. The van der Waals surface area contributed by atoms with Gasteiger partial charge < -0.3 is 36.2 Å². The molecule has 2 fully saturated rings. The van der Waals surface area contributed by atoms with Gasteiger partial charge in [0.25, 0.3) is 5.91 Å². The van der Waals surface area contributed by atoms with Crippen LogP contribution in [0.25, 0.3) is 0 Å². The summed E-state index contributed by atoms with van der Waals surface area (Å²) in [6.45, 7) is 5.09. The average molecular weight is 695 g/mol. The largest absolute Gasteiger partial charge is 0.497 e. The molecule has 264 valence electrons. The first kappa shape index (κ1) is 37.2. The van der Waals surface area contributed by atoms with Crippen LogP contribution < -0.4 is 31.3 Å². The van der Waals surface area contributed by atoms with E-state index in [1.807, 2.05) is 12.3 Å². The number of fused-ring (bicyclic) bond motifs is 1. The van der Waals surface area contributed by atoms with Gasteiger partial charge in [-0.25, -0.2) is 0 Å². The fourth-order valence-electron chi connectivity index (χ4n) is 5.94. The number of carbonyl (C=O) groups is 6. The average Bonchev–Trinajstić information content (AvgIpc) is 3.51. The van der Waals surface area contributed by atoms with E-state index < -0.39 is 65.8 Å². The van der Waals surface area contributed by atoms with Gasteiger partial charge in [0.15, 0.2) is 0 Å². The highest BCUT2D eigenvalue weighted by Gasteiger charge is 2.44. The van der Waals surface area contributed by atoms with Crippen LogP contribution in [0, 0.1) is 5.92 Å². The SMILES string of the molecule is COc1ccc(C(=O)N[C@H]2C[C@H]3C(=O)N[C@@H](C)C(=O)N[C@H](c4ccccc4)CC(=O)N[C@@H](CCSC)C(=O)N[C@@H](C(C)C)C(=O)N3C2)cc1. The van der Waals surface area contributed by atoms with Crippen LogP contribution in [-0.2, 0) is 24.0 Å². The summed E-state index contributed by atoms with van der Waals surface area (Å²) < 4.78 is 5.17. The Kier molecular flexibility index (Phi) is 13.1. The van der Waals surface area contributed by atoms with Crippen LogP contribution in [0.2, 0.25) is 0 Å². The molecule has 13 nitrogen and oxygen atoms in total. The maximum atomic E-state index is 14.2. The maximum Gasteiger partial charge on any atom is 0.251 e. The van der Waals surface area contributed by atoms with Crippen LogP contribution >= 0.6 is 11.8 Å². The third-order valence-electron chi connectivity index (χ3n) is 8.73. The summed E-state index contributed by atoms with van der Waals surface area (Å²) in [4.78, 5) is 83.0. The molecule has 0 aliphatic carbocycles. The summed E-state index contributed by atoms with van der Waals surface area (Å²) in [6.07, 6.45) is 2.13. The van der Waals surface area contributed by atoms with Crippen LogP contribution in [0.5, 0.6) is 5.75 Å². The van der Waals surface area contributed by atoms with E-state index in [0.717, 1.165) is 0 Å². The number of nitrogens with one attached hydrogen (secondary N) is 5. The van der Waals surface area contributed by atoms with Crippen LogP contribution in [0.3, 0.4) is 0 Å². The van der Waals surface area contributed by atoms with E-state index in [4.69, 9.17) is 4.74 Å². The molecular weight excluding hydrogens is 648 g/mol. The molecule has 0 spiro atoms. The monoisotopic (exact) mass is 694 g/mol. The number of methoxy groups -OCH3 is 1. The number of carbonyl (C=O) groups excluding carboxylic acids is 6. The topological polar surface area (TPSA) is 175 Å². The van der Waals surface area contributed by atoms with Gasteiger partial charge in [0.05, 0.1) is 19.6 Å². The molecule has 2 aromatic rings. The zero-order chi connectivity index (χ0) is 35.7. The number of nitrogens with zero attached hydrogens (tertiary/aromatic N) is 1. The third kappa shape index (κ3) is 9.74. The van der Waals surface area contributed by atoms with Gasteiger partial charge >= 0.3 is 0 Å². The lowest BCUT2D eigenvalue weighted by Crippen LogP contribution is -2.59. The van der Waals surface area contributed by atoms with Crippen molar-refractivity contribution in [3.8, 4) is 5.75 Å². The zero-order valence-corrected chi connectivity index (χ0v) is 29.3. The molecule has 2 saturated heterocycles. The second-order valence-corrected chi connectivity index (χ2v) is 13.7. The summed E-state index contributed by atoms with van der Waals surface area (Å²) in [5, 5.41) is 14.2. The highest BCUT2D eigenvalue weighted by Crippen LogP contribution is 2.23. The molecule has 6 atom stereocenters. The van der Waals surface area contributed by atoms with Crippen molar-refractivity contribution in [1.82, 2.24) is 31.5 Å². The lowest BCUT2D eigenvalue weighted by molar-refractivity contribution is -0.143. The lowest BCUT2D eigenvalue weighted by atomic mass is 10.0. The number of hydrogen-bond donors (Lipinski definition) is 5. The molecule has 0 aromatic heterocycles. The van der Waals surface area contributed by atoms with Crippen LogP contribution in [0.4, 0.5) is 0 Å². The molecule has 49 heavy (non-hydrogen) atoms. The van der Waals surface area contributed by atoms with Crippen molar-refractivity contribution in [2.45, 2.75) is 76.3 Å². The molecule has 2 aliphatic rings. The Bertz CT molecular complexity index is 1510. The van der Waals surface area contributed by atoms with Gasteiger partial charge in [-0.1, -0.05) is 44.2 Å². The number of hydrogen-bond acceptors (Lipinski definition) is 8. The van der Waals surface area contributed by atoms with Crippen molar-refractivity contribution in [2.24, 2.45) is 5.92 Å². The van der Waals surface area contributed by atoms with Crippen LogP contribution in [0.1, 0.15) is 62.0 Å². The maximum absolute atomic E-state index is 14.2. The van der Waals surface area contributed by atoms with Gasteiger partial charge in [-0.15, -0.1) is 0 Å². The Morgan fingerprint density at radius 1 is 0.939 bits per heavy atom. The molecule has 2 aliphatic heterocycles. The van der Waals surface area contributed by atoms with E-state index in [-0.39, 0.29) is 31.2 Å². The van der Waals surface area contributed by atoms with Gasteiger partial charge in [-0.2, -0.15) is 11.8 Å². The Morgan fingerprint density at radius 2 is 1.63 bits per heavy atom. The Hall–Kier alpha value is -4.59. The first-order valence-corrected chi connectivity index (χ1v) is 17.8. The van der Waals surface area contributed by atoms with Crippen molar-refractivity contribution in [1.29, 1.82) is 0 Å². The number of thioether (sulfide) groups is 1. The summed E-state index contributed by atoms with van der Waals surface area (Å²) >= 11 is 1.51. The van der Waals surface area contributed by atoms with Gasteiger partial charge in [0.2, 0.25) is 29.5 Å². The molecule has 6 amide bonds. The molecule has 4 rings (SSSR count). The first-order valence-electron chi connectivity index (χ1n) is 16.4. The molecule has 2 aromatic carbocycles. The van der Waals surface area contributed by atoms with E-state index >= 15 is 0 Å². The Labute approximate surface area is 291 Å². The van der Waals surface area contributed by atoms with Crippen LogP contribution in [-0.4, -0.2) is 96.2 Å². The van der Waals surface area contributed by atoms with Gasteiger partial charge in [-0.3, -0.25) is 28.8 Å². The molecule has 2 heterocycles. The van der Waals surface area contributed by atoms with Crippen LogP contribution in [0.15, 0.2) is 54.6 Å². The molecular formula is C35H46N6O7S. The highest BCUT2D eigenvalue weighted by molar-refractivity contribution is 7.98. The second kappa shape index (κ2) is 17.2. The number of rotatable bonds is 8. The normalized spacial score (nSPS) is 25.5. The van der Waals surface area contributed by atoms with E-state index in [1.165, 1.54) is 30.7 Å². The van der Waals surface area contributed by atoms with Crippen molar-refractivity contribution in [3.63, 3.8) is 0 Å². The highest BCUT2D eigenvalue weighted by atomic mass is 32.2. The minimum Gasteiger partial charge on any atom is -0.497 e. The first-order chi connectivity index (χ1) is 23.4. The predicted octanol–water partition coefficient (Wildman–Crippen LogP) is 1.54. The van der Waals surface area contributed by atoms with Gasteiger partial charge in [-0.05, 0) is 67.5 Å². The summed E-state index contributed by atoms with van der Waals surface area (Å²) in [5.41, 5.74) is 1.06. The molecule has 14 heteroatoms. The lowest BCUT2D eigenvalue weighted by Gasteiger charge is -2.32. The summed E-state index contributed by atoms with van der Waals surface area (Å²) in [6, 6.07) is 10.2. The Balaban J connectivity index is 1.66. The van der Waals surface area contributed by atoms with Crippen molar-refractivity contribution < 1.29 is 33.5 Å². The van der Waals surface area contributed by atoms with E-state index in [0.29, 0.717) is 29.1 Å². The molecule has 0 saturated carbocycles. The fraction of sp³-hybridized carbons (Fsp3) is 0.486. The second-order valence-electron chi connectivity index (χ2n) is 12.7. The predicted molar refractivity (Wildman–Crippen MR) is 186 cm³/mol. The van der Waals surface area contributed by atoms with Crippen molar-refractivity contribution in [2.75, 3.05) is 25.7 Å². The Morgan fingerprint density at radius 3 is 2.27 bits per heavy atom. The van der Waals surface area contributed by atoms with E-state index in [2.05, 4.69) is 26.6 Å². The standard InChI is InChI=1S/C35H46N6O7S/c1-20(2)30-35(47)41-19-24(37-32(44)23-11-13-25(48-4)14-12-23)17-28(41)34(46)36-21(3)31(43)39-27(22-9-7-6-8-10-22)18-29(42)38-26(15-16-49-5)33(45)40-30/h6-14,20-21,24,26-28,30H,15-19H2,1-5H3,(H,36,46)(H,37,44)(H,38,42)(H,39,43)(H,40,45)/t21-,24-,26-,27-,28-,30-/m0/s1. The van der Waals surface area contributed by atoms with Gasteiger partial charge in [0.1, 0.15) is 29.9 Å². The summed E-state index contributed by atoms with van der Waals surface area (Å²) in [5.74, 6) is -2.21. The molecule has 0 bridgehead atoms. The number of amides is 6. The molecule has 0 unspecified atom stereocenters. The minimum absolute atomic E-state index is 0.00119. The van der Waals surface area contributed by atoms with E-state index in [9.17, 15) is 28.8 Å². The minimum atomic E-state index is -1.04.